The summed E-state index contributed by atoms with van der Waals surface area (Å²) in [7, 11) is 0. The first-order valence-corrected chi connectivity index (χ1v) is 8.88. The molecule has 0 saturated carbocycles. The van der Waals surface area contributed by atoms with E-state index in [1.54, 1.807) is 12.4 Å². The zero-order valence-electron chi connectivity index (χ0n) is 14.7. The first-order chi connectivity index (χ1) is 12.6. The van der Waals surface area contributed by atoms with Crippen LogP contribution in [0, 0.1) is 0 Å². The number of nitrogens with one attached hydrogen (secondary N) is 2. The predicted octanol–water partition coefficient (Wildman–Crippen LogP) is -2.14. The molecule has 0 aromatic carbocycles. The molecule has 10 heteroatoms. The number of hydrogen-bond acceptors (Lipinski definition) is 10. The van der Waals surface area contributed by atoms with E-state index in [0.29, 0.717) is 39.5 Å². The van der Waals surface area contributed by atoms with Crippen molar-refractivity contribution in [1.29, 1.82) is 0 Å². The van der Waals surface area contributed by atoms with E-state index in [2.05, 4.69) is 30.4 Å². The van der Waals surface area contributed by atoms with Gasteiger partial charge in [-0.05, 0) is 6.08 Å². The highest BCUT2D eigenvalue weighted by Crippen LogP contribution is 2.26. The Hall–Kier alpha value is -1.82. The highest BCUT2D eigenvalue weighted by molar-refractivity contribution is 5.29. The normalized spacial score (nSPS) is 33.5. The molecule has 0 amide bonds. The topological polar surface area (TPSA) is 127 Å². The summed E-state index contributed by atoms with van der Waals surface area (Å²) < 4.78 is 10.9. The summed E-state index contributed by atoms with van der Waals surface area (Å²) in [6.07, 6.45) is 6.84. The molecule has 6 N–H and O–H groups in total. The second-order valence-corrected chi connectivity index (χ2v) is 6.74. The van der Waals surface area contributed by atoms with Crippen molar-refractivity contribution in [2.75, 3.05) is 52.6 Å². The Morgan fingerprint density at radius 2 is 1.58 bits per heavy atom. The number of hydrogen-bond donors (Lipinski definition) is 4. The third-order valence-electron chi connectivity index (χ3n) is 4.98. The van der Waals surface area contributed by atoms with Crippen molar-refractivity contribution in [3.05, 3.63) is 36.2 Å². The Kier molecular flexibility index (Phi) is 4.78. The lowest BCUT2D eigenvalue weighted by atomic mass is 10.00. The van der Waals surface area contributed by atoms with Gasteiger partial charge in [-0.1, -0.05) is 0 Å². The molecule has 2 atom stereocenters. The quantitative estimate of drug-likeness (QED) is 0.473. The summed E-state index contributed by atoms with van der Waals surface area (Å²) in [4.78, 5) is 12.5. The monoisotopic (exact) mass is 362 g/mol. The van der Waals surface area contributed by atoms with Gasteiger partial charge in [0.05, 0.1) is 26.4 Å². The van der Waals surface area contributed by atoms with Gasteiger partial charge in [0.2, 0.25) is 5.91 Å². The van der Waals surface area contributed by atoms with E-state index >= 15 is 0 Å². The second kappa shape index (κ2) is 7.06. The molecule has 0 aliphatic carbocycles. The molecule has 2 fully saturated rings. The molecular weight excluding hydrogens is 336 g/mol. The molecule has 0 bridgehead atoms. The molecule has 2 unspecified atom stereocenters. The van der Waals surface area contributed by atoms with E-state index in [0.717, 1.165) is 24.5 Å². The van der Waals surface area contributed by atoms with Crippen molar-refractivity contribution >= 4 is 0 Å². The SMILES string of the molecule is NC1(c2cncnc2)C=C(N2CCOCC2)NC(N)(N2CCOCC2)N1. The van der Waals surface area contributed by atoms with Gasteiger partial charge in [-0.2, -0.15) is 0 Å². The van der Waals surface area contributed by atoms with Gasteiger partial charge in [0.1, 0.15) is 17.8 Å². The smallest absolute Gasteiger partial charge is 0.206 e. The molecule has 1 aromatic rings. The lowest BCUT2D eigenvalue weighted by Gasteiger charge is -2.52. The van der Waals surface area contributed by atoms with Crippen molar-refractivity contribution in [3.63, 3.8) is 0 Å². The molecule has 26 heavy (non-hydrogen) atoms. The molecule has 3 aliphatic heterocycles. The van der Waals surface area contributed by atoms with Gasteiger partial charge >= 0.3 is 0 Å². The molecule has 2 saturated heterocycles. The maximum absolute atomic E-state index is 6.77. The van der Waals surface area contributed by atoms with E-state index < -0.39 is 11.6 Å². The first kappa shape index (κ1) is 17.6. The molecule has 142 valence electrons. The van der Waals surface area contributed by atoms with Crippen LogP contribution < -0.4 is 22.1 Å². The number of rotatable bonds is 3. The fourth-order valence-electron chi connectivity index (χ4n) is 3.55. The summed E-state index contributed by atoms with van der Waals surface area (Å²) in [5, 5.41) is 6.80. The number of morpholine rings is 2. The van der Waals surface area contributed by atoms with Gasteiger partial charge in [0.15, 0.2) is 0 Å². The molecule has 1 aromatic heterocycles. The maximum atomic E-state index is 6.77. The molecule has 4 heterocycles. The lowest BCUT2D eigenvalue weighted by molar-refractivity contribution is -0.0690. The third-order valence-corrected chi connectivity index (χ3v) is 4.98. The average molecular weight is 362 g/mol. The fraction of sp³-hybridized carbons (Fsp3) is 0.625. The van der Waals surface area contributed by atoms with Crippen LogP contribution in [-0.2, 0) is 15.1 Å². The summed E-state index contributed by atoms with van der Waals surface area (Å²) in [6, 6.07) is 0. The minimum absolute atomic E-state index is 0.630. The molecule has 10 nitrogen and oxygen atoms in total. The van der Waals surface area contributed by atoms with Gasteiger partial charge in [-0.3, -0.25) is 10.6 Å². The second-order valence-electron chi connectivity index (χ2n) is 6.74. The molecule has 0 spiro atoms. The van der Waals surface area contributed by atoms with Crippen molar-refractivity contribution < 1.29 is 9.47 Å². The van der Waals surface area contributed by atoms with Crippen LogP contribution >= 0.6 is 0 Å². The van der Waals surface area contributed by atoms with Gasteiger partial charge in [0, 0.05) is 44.1 Å². The Balaban J connectivity index is 1.69. The van der Waals surface area contributed by atoms with E-state index in [9.17, 15) is 0 Å². The Morgan fingerprint density at radius 3 is 2.23 bits per heavy atom. The van der Waals surface area contributed by atoms with Crippen molar-refractivity contribution in [2.45, 2.75) is 11.6 Å². The van der Waals surface area contributed by atoms with Crippen LogP contribution in [0.4, 0.5) is 0 Å². The van der Waals surface area contributed by atoms with E-state index in [4.69, 9.17) is 20.9 Å². The van der Waals surface area contributed by atoms with Crippen LogP contribution in [0.1, 0.15) is 5.56 Å². The number of aromatic nitrogens is 2. The molecule has 3 aliphatic rings. The van der Waals surface area contributed by atoms with Gasteiger partial charge in [-0.15, -0.1) is 0 Å². The number of nitrogens with two attached hydrogens (primary N) is 2. The lowest BCUT2D eigenvalue weighted by Crippen LogP contribution is -2.82. The van der Waals surface area contributed by atoms with Crippen molar-refractivity contribution in [1.82, 2.24) is 30.4 Å². The van der Waals surface area contributed by atoms with Crippen LogP contribution in [0.2, 0.25) is 0 Å². The highest BCUT2D eigenvalue weighted by atomic mass is 16.5. The van der Waals surface area contributed by atoms with Crippen LogP contribution in [0.3, 0.4) is 0 Å². The molecule has 0 radical (unpaired) electrons. The summed E-state index contributed by atoms with van der Waals surface area (Å²) in [6.45, 7) is 5.57. The fourth-order valence-corrected chi connectivity index (χ4v) is 3.55. The third kappa shape index (κ3) is 3.39. The van der Waals surface area contributed by atoms with Crippen molar-refractivity contribution in [2.24, 2.45) is 11.5 Å². The largest absolute Gasteiger partial charge is 0.379 e. The standard InChI is InChI=1S/C16H26N8O2/c17-15(13-10-19-12-20-11-13)9-14(23-1-5-25-6-2-23)21-16(18,22-15)24-3-7-26-8-4-24/h9-12,21-22H,1-8,17-18H2. The molecular formula is C16H26N8O2. The Labute approximate surface area is 152 Å². The number of ether oxygens (including phenoxy) is 2. The molecule has 4 rings (SSSR count). The van der Waals surface area contributed by atoms with Crippen LogP contribution in [0.5, 0.6) is 0 Å². The van der Waals surface area contributed by atoms with Gasteiger partial charge in [0.25, 0.3) is 0 Å². The Bertz CT molecular complexity index is 647. The van der Waals surface area contributed by atoms with E-state index in [-0.39, 0.29) is 0 Å². The number of nitrogens with zero attached hydrogens (tertiary/aromatic N) is 4. The highest BCUT2D eigenvalue weighted by Gasteiger charge is 2.45. The summed E-state index contributed by atoms with van der Waals surface area (Å²) in [5.74, 6) is -0.135. The van der Waals surface area contributed by atoms with Crippen LogP contribution in [0.25, 0.3) is 0 Å². The van der Waals surface area contributed by atoms with Gasteiger partial charge in [-0.25, -0.2) is 15.3 Å². The summed E-state index contributed by atoms with van der Waals surface area (Å²) >= 11 is 0. The summed E-state index contributed by atoms with van der Waals surface area (Å²) in [5.41, 5.74) is 13.3. The van der Waals surface area contributed by atoms with Crippen molar-refractivity contribution in [3.8, 4) is 0 Å². The minimum atomic E-state index is -1.02. The maximum Gasteiger partial charge on any atom is 0.206 e. The zero-order valence-corrected chi connectivity index (χ0v) is 14.7. The van der Waals surface area contributed by atoms with Crippen LogP contribution in [0.15, 0.2) is 30.6 Å². The zero-order chi connectivity index (χ0) is 18.0. The van der Waals surface area contributed by atoms with E-state index in [1.165, 1.54) is 6.33 Å². The van der Waals surface area contributed by atoms with Gasteiger partial charge < -0.3 is 25.4 Å². The first-order valence-electron chi connectivity index (χ1n) is 8.88. The minimum Gasteiger partial charge on any atom is -0.379 e. The average Bonchev–Trinajstić information content (AvgIpc) is 2.69. The van der Waals surface area contributed by atoms with Crippen LogP contribution in [-0.4, -0.2) is 78.3 Å². The van der Waals surface area contributed by atoms with E-state index in [1.807, 2.05) is 6.08 Å². The Morgan fingerprint density at radius 1 is 0.962 bits per heavy atom. The predicted molar refractivity (Wildman–Crippen MR) is 94.0 cm³/mol.